The average Bonchev–Trinajstić information content (AvgIpc) is 2.74. The molecule has 2 aromatic carbocycles. The van der Waals surface area contributed by atoms with Crippen molar-refractivity contribution in [2.24, 2.45) is 0 Å². The number of likely N-dealkylation sites (tertiary alicyclic amines) is 1. The largest absolute Gasteiger partial charge is 0.485 e. The Labute approximate surface area is 168 Å². The van der Waals surface area contributed by atoms with Gasteiger partial charge in [0.15, 0.2) is 11.5 Å². The van der Waals surface area contributed by atoms with Gasteiger partial charge in [0.05, 0.1) is 4.90 Å². The highest BCUT2D eigenvalue weighted by Crippen LogP contribution is 2.35. The first-order chi connectivity index (χ1) is 13.9. The lowest BCUT2D eigenvalue weighted by molar-refractivity contribution is -0.142. The summed E-state index contributed by atoms with van der Waals surface area (Å²) in [4.78, 5) is 14.4. The van der Waals surface area contributed by atoms with Crippen molar-refractivity contribution in [3.63, 3.8) is 0 Å². The molecule has 9 heteroatoms. The summed E-state index contributed by atoms with van der Waals surface area (Å²) in [5, 5.41) is 0. The van der Waals surface area contributed by atoms with Crippen molar-refractivity contribution in [3.05, 3.63) is 48.3 Å². The van der Waals surface area contributed by atoms with Gasteiger partial charge in [-0.15, -0.1) is 0 Å². The molecule has 0 radical (unpaired) electrons. The normalized spacial score (nSPS) is 18.9. The number of carbonyl (C=O) groups is 1. The molecular weight excluding hydrogens is 399 g/mol. The summed E-state index contributed by atoms with van der Waals surface area (Å²) in [7, 11) is -3.89. The molecule has 0 aliphatic carbocycles. The SMILES string of the molecule is O=C([C@H]1COc2cc(S(=O)(=O)Nc3ccc(F)cc3)ccc2O1)N1CCCCC1. The van der Waals surface area contributed by atoms with Crippen molar-refractivity contribution >= 4 is 21.6 Å². The van der Waals surface area contributed by atoms with Gasteiger partial charge in [0.2, 0.25) is 6.10 Å². The second-order valence-electron chi connectivity index (χ2n) is 7.02. The number of anilines is 1. The van der Waals surface area contributed by atoms with Gasteiger partial charge in [0.25, 0.3) is 15.9 Å². The van der Waals surface area contributed by atoms with Crippen LogP contribution in [0.5, 0.6) is 11.5 Å². The van der Waals surface area contributed by atoms with Crippen LogP contribution in [-0.2, 0) is 14.8 Å². The second-order valence-corrected chi connectivity index (χ2v) is 8.71. The summed E-state index contributed by atoms with van der Waals surface area (Å²) in [6.07, 6.45) is 2.36. The number of ether oxygens (including phenoxy) is 2. The molecule has 2 aromatic rings. The van der Waals surface area contributed by atoms with Crippen molar-refractivity contribution < 1.29 is 27.1 Å². The van der Waals surface area contributed by atoms with E-state index in [9.17, 15) is 17.6 Å². The average molecular weight is 420 g/mol. The van der Waals surface area contributed by atoms with E-state index in [2.05, 4.69) is 4.72 Å². The van der Waals surface area contributed by atoms with Crippen molar-refractivity contribution in [2.75, 3.05) is 24.4 Å². The zero-order valence-electron chi connectivity index (χ0n) is 15.6. The van der Waals surface area contributed by atoms with E-state index in [-0.39, 0.29) is 28.8 Å². The van der Waals surface area contributed by atoms with Gasteiger partial charge in [-0.3, -0.25) is 9.52 Å². The number of hydrogen-bond donors (Lipinski definition) is 1. The van der Waals surface area contributed by atoms with Crippen molar-refractivity contribution in [3.8, 4) is 11.5 Å². The van der Waals surface area contributed by atoms with Crippen LogP contribution in [0.3, 0.4) is 0 Å². The predicted octanol–water partition coefficient (Wildman–Crippen LogP) is 2.78. The number of sulfonamides is 1. The first-order valence-corrected chi connectivity index (χ1v) is 10.9. The molecule has 1 N–H and O–H groups in total. The number of nitrogens with zero attached hydrogens (tertiary/aromatic N) is 1. The molecule has 2 heterocycles. The fourth-order valence-electron chi connectivity index (χ4n) is 3.39. The zero-order valence-corrected chi connectivity index (χ0v) is 16.5. The number of fused-ring (bicyclic) bond motifs is 1. The van der Waals surface area contributed by atoms with Crippen LogP contribution in [0.1, 0.15) is 19.3 Å². The number of hydrogen-bond acceptors (Lipinski definition) is 5. The number of amides is 1. The Bertz CT molecular complexity index is 1000. The molecule has 29 heavy (non-hydrogen) atoms. The molecule has 1 saturated heterocycles. The molecule has 7 nitrogen and oxygen atoms in total. The Balaban J connectivity index is 1.48. The lowest BCUT2D eigenvalue weighted by Crippen LogP contribution is -2.48. The van der Waals surface area contributed by atoms with Crippen LogP contribution in [0.4, 0.5) is 10.1 Å². The number of rotatable bonds is 4. The van der Waals surface area contributed by atoms with Crippen LogP contribution in [-0.4, -0.2) is 45.0 Å². The molecule has 0 bridgehead atoms. The summed E-state index contributed by atoms with van der Waals surface area (Å²) in [6.45, 7) is 1.47. The van der Waals surface area contributed by atoms with E-state index in [4.69, 9.17) is 9.47 Å². The Morgan fingerprint density at radius 2 is 1.76 bits per heavy atom. The third kappa shape index (κ3) is 4.29. The molecule has 2 aliphatic rings. The monoisotopic (exact) mass is 420 g/mol. The first-order valence-electron chi connectivity index (χ1n) is 9.43. The quantitative estimate of drug-likeness (QED) is 0.822. The summed E-state index contributed by atoms with van der Waals surface area (Å²) in [6, 6.07) is 9.21. The molecule has 0 unspecified atom stereocenters. The number of benzene rings is 2. The lowest BCUT2D eigenvalue weighted by atomic mass is 10.1. The zero-order chi connectivity index (χ0) is 20.4. The smallest absolute Gasteiger partial charge is 0.267 e. The third-order valence-corrected chi connectivity index (χ3v) is 6.30. The van der Waals surface area contributed by atoms with E-state index in [1.165, 1.54) is 42.5 Å². The van der Waals surface area contributed by atoms with Gasteiger partial charge in [0.1, 0.15) is 12.4 Å². The number of carbonyl (C=O) groups excluding carboxylic acids is 1. The van der Waals surface area contributed by atoms with Gasteiger partial charge in [0, 0.05) is 24.8 Å². The fraction of sp³-hybridized carbons (Fsp3) is 0.350. The van der Waals surface area contributed by atoms with E-state index in [1.54, 1.807) is 4.90 Å². The summed E-state index contributed by atoms with van der Waals surface area (Å²) >= 11 is 0. The Hall–Kier alpha value is -2.81. The van der Waals surface area contributed by atoms with Crippen LogP contribution in [0.15, 0.2) is 47.4 Å². The number of nitrogens with one attached hydrogen (secondary N) is 1. The number of halogens is 1. The van der Waals surface area contributed by atoms with Gasteiger partial charge in [-0.2, -0.15) is 0 Å². The van der Waals surface area contributed by atoms with E-state index in [1.807, 2.05) is 0 Å². The Morgan fingerprint density at radius 3 is 2.48 bits per heavy atom. The van der Waals surface area contributed by atoms with Crippen molar-refractivity contribution in [2.45, 2.75) is 30.3 Å². The molecule has 0 aromatic heterocycles. The van der Waals surface area contributed by atoms with Gasteiger partial charge >= 0.3 is 0 Å². The van der Waals surface area contributed by atoms with E-state index in [0.717, 1.165) is 32.4 Å². The summed E-state index contributed by atoms with van der Waals surface area (Å²) < 4.78 is 52.0. The lowest BCUT2D eigenvalue weighted by Gasteiger charge is -2.32. The maximum Gasteiger partial charge on any atom is 0.267 e. The standard InChI is InChI=1S/C20H21FN2O5S/c21-14-4-6-15(7-5-14)22-29(25,26)16-8-9-17-18(12-16)27-13-19(28-17)20(24)23-10-2-1-3-11-23/h4-9,12,19,22H,1-3,10-11,13H2/t19-/m1/s1. The minimum absolute atomic E-state index is 0.0232. The molecule has 0 spiro atoms. The van der Waals surface area contributed by atoms with E-state index in [0.29, 0.717) is 5.75 Å². The summed E-state index contributed by atoms with van der Waals surface area (Å²) in [5.41, 5.74) is 0.244. The van der Waals surface area contributed by atoms with Crippen LogP contribution in [0, 0.1) is 5.82 Å². The predicted molar refractivity (Wildman–Crippen MR) is 104 cm³/mol. The summed E-state index contributed by atoms with van der Waals surface area (Å²) in [5.74, 6) is 0.0213. The molecular formula is C20H21FN2O5S. The Kier molecular flexibility index (Phi) is 5.31. The molecule has 1 amide bonds. The number of piperidine rings is 1. The maximum absolute atomic E-state index is 13.0. The topological polar surface area (TPSA) is 84.9 Å². The van der Waals surface area contributed by atoms with Gasteiger partial charge < -0.3 is 14.4 Å². The fourth-order valence-corrected chi connectivity index (χ4v) is 4.46. The van der Waals surface area contributed by atoms with Crippen molar-refractivity contribution in [1.82, 2.24) is 4.90 Å². The highest BCUT2D eigenvalue weighted by atomic mass is 32.2. The van der Waals surface area contributed by atoms with Crippen LogP contribution in [0.25, 0.3) is 0 Å². The third-order valence-electron chi connectivity index (χ3n) is 4.92. The molecule has 0 saturated carbocycles. The molecule has 1 atom stereocenters. The first kappa shape index (κ1) is 19.5. The van der Waals surface area contributed by atoms with Gasteiger partial charge in [-0.05, 0) is 55.7 Å². The van der Waals surface area contributed by atoms with E-state index < -0.39 is 21.9 Å². The minimum Gasteiger partial charge on any atom is -0.485 e. The van der Waals surface area contributed by atoms with Crippen LogP contribution >= 0.6 is 0 Å². The van der Waals surface area contributed by atoms with Crippen LogP contribution in [0.2, 0.25) is 0 Å². The van der Waals surface area contributed by atoms with Gasteiger partial charge in [-0.1, -0.05) is 0 Å². The van der Waals surface area contributed by atoms with Crippen molar-refractivity contribution in [1.29, 1.82) is 0 Å². The van der Waals surface area contributed by atoms with Crippen LogP contribution < -0.4 is 14.2 Å². The van der Waals surface area contributed by atoms with E-state index >= 15 is 0 Å². The molecule has 2 aliphatic heterocycles. The Morgan fingerprint density at radius 1 is 1.03 bits per heavy atom. The highest BCUT2D eigenvalue weighted by Gasteiger charge is 2.32. The highest BCUT2D eigenvalue weighted by molar-refractivity contribution is 7.92. The molecule has 154 valence electrons. The molecule has 1 fully saturated rings. The molecule has 4 rings (SSSR count). The minimum atomic E-state index is -3.89. The second kappa shape index (κ2) is 7.90. The van der Waals surface area contributed by atoms with Gasteiger partial charge in [-0.25, -0.2) is 12.8 Å². The maximum atomic E-state index is 13.0.